The number of aliphatic hydroxyl groups is 1. The maximum absolute atomic E-state index is 13.3. The molecule has 546 valence electrons. The average molecular weight is 1570 g/mol. The van der Waals surface area contributed by atoms with Crippen molar-refractivity contribution >= 4 is 88.8 Å². The molecule has 0 bridgehead atoms. The van der Waals surface area contributed by atoms with Crippen molar-refractivity contribution in [3.05, 3.63) is 95.3 Å². The predicted molar refractivity (Wildman–Crippen MR) is 351 cm³/mol. The number of hydrogen-bond acceptors (Lipinski definition) is 28. The Bertz CT molecular complexity index is 3540. The second-order valence-corrected chi connectivity index (χ2v) is 22.5. The number of carbonyl (C=O) groups excluding carboxylic acids is 9. The van der Waals surface area contributed by atoms with E-state index in [1.807, 2.05) is 0 Å². The summed E-state index contributed by atoms with van der Waals surface area (Å²) in [7, 11) is 0. The smallest absolute Gasteiger partial charge is 0.549 e. The van der Waals surface area contributed by atoms with Gasteiger partial charge in [-0.15, -0.1) is 0 Å². The van der Waals surface area contributed by atoms with Crippen LogP contribution in [0.4, 0.5) is 11.9 Å². The third-order valence-electron chi connectivity index (χ3n) is 14.5. The molecule has 0 aliphatic rings. The number of aliphatic hydroxyl groups excluding tert-OH is 1. The zero-order chi connectivity index (χ0) is 73.7. The molecular weight excluding hydrogens is 1480 g/mol. The van der Waals surface area contributed by atoms with Crippen molar-refractivity contribution in [3.63, 3.8) is 0 Å². The molecule has 4 heterocycles. The molecule has 36 nitrogen and oxygen atoms in total. The number of aliphatic carboxylic acids is 5. The van der Waals surface area contributed by atoms with E-state index in [2.05, 4.69) is 103 Å². The Hall–Kier alpha value is -9.11. The van der Waals surface area contributed by atoms with Gasteiger partial charge in [0.1, 0.15) is 41.3 Å². The van der Waals surface area contributed by atoms with E-state index in [0.717, 1.165) is 4.90 Å². The molecule has 0 radical (unpaired) electrons. The van der Waals surface area contributed by atoms with Gasteiger partial charge in [0.05, 0.1) is 79.3 Å². The van der Waals surface area contributed by atoms with Crippen LogP contribution >= 0.6 is 11.6 Å². The van der Waals surface area contributed by atoms with Crippen LogP contribution in [0.2, 0.25) is 5.28 Å². The van der Waals surface area contributed by atoms with E-state index < -0.39 is 135 Å². The number of phenolic OH excluding ortho intramolecular Hbond substituents is 1. The normalized spacial score (nSPS) is 12.0. The number of aromatic nitrogens is 7. The molecule has 0 aliphatic carbocycles. The summed E-state index contributed by atoms with van der Waals surface area (Å²) in [6, 6.07) is 9.62. The Morgan fingerprint density at radius 2 is 1.01 bits per heavy atom. The van der Waals surface area contributed by atoms with Gasteiger partial charge in [0.15, 0.2) is 0 Å². The average Bonchev–Trinajstić information content (AvgIpc) is 0.823. The van der Waals surface area contributed by atoms with Crippen LogP contribution in [0.1, 0.15) is 83.2 Å². The molecule has 1 aromatic carbocycles. The van der Waals surface area contributed by atoms with E-state index in [4.69, 9.17) is 11.6 Å². The second kappa shape index (κ2) is 46.3. The van der Waals surface area contributed by atoms with Gasteiger partial charge in [-0.25, -0.2) is 19.7 Å². The standard InChI is InChI=1S/C57H70ClN17O18.C6H15N.Eu/c1-32(77)62-23-45(79)68-39(51(88)63-25-47(81)70-43(31-76)52(89)64-24-46(80)69-40(53(90)91)20-33-14-16-36(78)17-15-33)10-2-4-18-60-56-71-55(58)72-57(73-56)61-19-5-3-13-44(54(92)93)75(30-50(86)87)27-35-9-7-12-38(66-35)42-22-59-21-41(67-42)37-11-6-8-34(65-37)26-74(28-48(82)83)29-49(84)85;1-4-7(5-2)6-3;/h6-9,11-12,14-17,21-22,39-40,43-44,76,78H,2-5,10,13,18-20,23-31H2,1H3,(H,62,77)(H,63,88)(H,64,89)(H,68,79)(H,69,80)(H,70,81)(H,82,83)(H,84,85)(H,86,87)(H,90,91)(H,92,93)(H2,60,61,71,72,73);4-6H2,1-3H3;/q;;+3/p-3/t39-,40-,43-,44-;;/m0../s1. The van der Waals surface area contributed by atoms with Crippen molar-refractivity contribution in [2.75, 3.05) is 89.2 Å². The number of anilines is 2. The van der Waals surface area contributed by atoms with E-state index in [1.165, 1.54) is 68.1 Å². The minimum atomic E-state index is -1.61. The van der Waals surface area contributed by atoms with Gasteiger partial charge in [-0.2, -0.15) is 15.0 Å². The van der Waals surface area contributed by atoms with E-state index in [9.17, 15) is 88.5 Å². The number of pyridine rings is 2. The number of benzene rings is 1. The van der Waals surface area contributed by atoms with Crippen molar-refractivity contribution in [2.45, 2.75) is 110 Å². The molecule has 101 heavy (non-hydrogen) atoms. The number of nitrogens with zero attached hydrogens (tertiary/aromatic N) is 10. The molecule has 0 saturated heterocycles. The summed E-state index contributed by atoms with van der Waals surface area (Å²) in [5, 5.41) is 93.1. The van der Waals surface area contributed by atoms with Gasteiger partial charge in [-0.3, -0.25) is 48.3 Å². The number of phenols is 1. The van der Waals surface area contributed by atoms with Gasteiger partial charge >= 0.3 is 61.3 Å². The van der Waals surface area contributed by atoms with Crippen LogP contribution in [0, 0.1) is 49.4 Å². The molecule has 4 aromatic heterocycles. The summed E-state index contributed by atoms with van der Waals surface area (Å²) < 4.78 is 0. The fourth-order valence-corrected chi connectivity index (χ4v) is 9.64. The topological polar surface area (TPSA) is 534 Å². The number of carboxylic acids is 5. The Kier molecular flexibility index (Phi) is 39.5. The number of halogens is 1. The van der Waals surface area contributed by atoms with Crippen molar-refractivity contribution in [1.29, 1.82) is 0 Å². The third-order valence-corrected chi connectivity index (χ3v) is 14.6. The zero-order valence-corrected chi connectivity index (χ0v) is 59.0. The monoisotopic (exact) mass is 1570 g/mol. The fourth-order valence-electron chi connectivity index (χ4n) is 9.48. The van der Waals surface area contributed by atoms with Crippen molar-refractivity contribution in [1.82, 2.24) is 81.5 Å². The molecule has 5 aromatic rings. The molecule has 6 amide bonds. The van der Waals surface area contributed by atoms with Crippen LogP contribution in [0.15, 0.2) is 73.1 Å². The predicted octanol–water partition coefficient (Wildman–Crippen LogP) is -4.19. The van der Waals surface area contributed by atoms with Crippen LogP contribution in [0.3, 0.4) is 0 Å². The van der Waals surface area contributed by atoms with Crippen LogP contribution in [-0.2, 0) is 72.3 Å². The first-order chi connectivity index (χ1) is 47.7. The summed E-state index contributed by atoms with van der Waals surface area (Å²) in [5.41, 5.74) is 2.23. The molecule has 5 rings (SSSR count). The van der Waals surface area contributed by atoms with E-state index in [0.29, 0.717) is 35.5 Å². The van der Waals surface area contributed by atoms with Crippen LogP contribution in [0.25, 0.3) is 22.8 Å². The summed E-state index contributed by atoms with van der Waals surface area (Å²) >= 11 is 6.20. The number of hydrogen-bond donors (Lipinski definition) is 12. The van der Waals surface area contributed by atoms with Gasteiger partial charge in [0.25, 0.3) is 0 Å². The molecule has 0 unspecified atom stereocenters. The number of nitrogens with one attached hydrogen (secondary N) is 8. The van der Waals surface area contributed by atoms with Crippen LogP contribution in [-0.4, -0.2) is 238 Å². The zero-order valence-electron chi connectivity index (χ0n) is 55.8. The van der Waals surface area contributed by atoms with Gasteiger partial charge in [0, 0.05) is 59.2 Å². The number of carboxylic acid groups (broad SMARTS) is 5. The van der Waals surface area contributed by atoms with E-state index in [-0.39, 0.29) is 148 Å². The SMILES string of the molecule is CC(=O)NCC(=O)N[C@@H](CCCCNc1nc(Cl)nc(NCCCC[C@@H](C(=O)O)N(CC(=O)[O-])Cc2cccc(-c3cncc(-c4cccc(CN(CC(=O)[O-])CC(=O)[O-])n4)n3)n2)n1)C(=O)NCC(=O)N[C@@H](CO)C(=O)NCC(=O)N[C@@H](Cc1ccc(O)cc1)C(=O)O.CCN(CC)CC.[Eu+3]. The molecule has 0 spiro atoms. The summed E-state index contributed by atoms with van der Waals surface area (Å²) in [5.74, 6) is -12.1. The number of amides is 6. The third kappa shape index (κ3) is 33.7. The Morgan fingerprint density at radius 1 is 0.535 bits per heavy atom. The second-order valence-electron chi connectivity index (χ2n) is 22.2. The van der Waals surface area contributed by atoms with Crippen LogP contribution < -0.4 is 57.9 Å². The Morgan fingerprint density at radius 3 is 1.48 bits per heavy atom. The van der Waals surface area contributed by atoms with Gasteiger partial charge in [0.2, 0.25) is 52.6 Å². The van der Waals surface area contributed by atoms with Crippen molar-refractivity contribution in [2.24, 2.45) is 0 Å². The molecule has 38 heteroatoms. The van der Waals surface area contributed by atoms with Gasteiger partial charge in [-0.1, -0.05) is 45.0 Å². The first kappa shape index (κ1) is 86.1. The number of unbranched alkanes of at least 4 members (excludes halogenated alkanes) is 2. The molecular formula is C63H82ClEuN18O18. The quantitative estimate of drug-likeness (QED) is 0.0165. The van der Waals surface area contributed by atoms with Gasteiger partial charge < -0.3 is 97.6 Å². The minimum absolute atomic E-state index is 0. The summed E-state index contributed by atoms with van der Waals surface area (Å²) in [6.45, 7) is 6.29. The van der Waals surface area contributed by atoms with Crippen molar-refractivity contribution < 1.29 is 138 Å². The van der Waals surface area contributed by atoms with Gasteiger partial charge in [-0.05, 0) is 112 Å². The maximum atomic E-state index is 13.3. The summed E-state index contributed by atoms with van der Waals surface area (Å²) in [6.07, 6.45) is 3.90. The largest absolute Gasteiger partial charge is 3.00 e. The maximum Gasteiger partial charge on any atom is 3.00 e. The fraction of sp³-hybridized carbons (Fsp3) is 0.460. The Balaban J connectivity index is 0.00000314. The van der Waals surface area contributed by atoms with E-state index in [1.54, 1.807) is 36.4 Å². The number of aromatic hydroxyl groups is 1. The first-order valence-corrected chi connectivity index (χ1v) is 32.0. The Labute approximate surface area is 626 Å². The molecule has 12 N–H and O–H groups in total. The molecule has 0 aliphatic heterocycles. The molecule has 4 atom stereocenters. The molecule has 0 fully saturated rings. The molecule has 0 saturated carbocycles. The van der Waals surface area contributed by atoms with Crippen molar-refractivity contribution in [3.8, 4) is 28.5 Å². The minimum Gasteiger partial charge on any atom is -0.549 e. The van der Waals surface area contributed by atoms with Crippen LogP contribution in [0.5, 0.6) is 5.75 Å². The summed E-state index contributed by atoms with van der Waals surface area (Å²) in [4.78, 5) is 169. The number of rotatable bonds is 44. The first-order valence-electron chi connectivity index (χ1n) is 31.6. The number of carbonyl (C=O) groups is 11. The van der Waals surface area contributed by atoms with E-state index >= 15 is 0 Å².